The second-order valence-corrected chi connectivity index (χ2v) is 6.64. The zero-order valence-corrected chi connectivity index (χ0v) is 14.9. The van der Waals surface area contributed by atoms with Gasteiger partial charge in [0.1, 0.15) is 12.4 Å². The molecule has 2 rings (SSSR count). The van der Waals surface area contributed by atoms with E-state index in [9.17, 15) is 4.79 Å². The Kier molecular flexibility index (Phi) is 6.46. The molecule has 1 aromatic carbocycles. The monoisotopic (exact) mass is 318 g/mol. The standard InChI is InChI=1S/C19H30N2O2/c1-14-7-8-15(2)18(16(14)3)23-13-12-21(4)19(22)17-6-5-10-20-11-9-17/h7-8,17,20H,5-6,9-13H2,1-4H3. The molecule has 1 amide bonds. The number of nitrogens with zero attached hydrogens (tertiary/aromatic N) is 1. The van der Waals surface area contributed by atoms with Crippen molar-refractivity contribution < 1.29 is 9.53 Å². The van der Waals surface area contributed by atoms with Gasteiger partial charge in [0.2, 0.25) is 5.91 Å². The van der Waals surface area contributed by atoms with Gasteiger partial charge in [-0.3, -0.25) is 4.79 Å². The number of nitrogens with one attached hydrogen (secondary N) is 1. The average molecular weight is 318 g/mol. The average Bonchev–Trinajstić information content (AvgIpc) is 2.82. The maximum atomic E-state index is 12.5. The van der Waals surface area contributed by atoms with Gasteiger partial charge in [0.25, 0.3) is 0 Å². The number of carbonyl (C=O) groups is 1. The van der Waals surface area contributed by atoms with Gasteiger partial charge < -0.3 is 15.0 Å². The predicted molar refractivity (Wildman–Crippen MR) is 94.0 cm³/mol. The quantitative estimate of drug-likeness (QED) is 0.908. The topological polar surface area (TPSA) is 41.6 Å². The van der Waals surface area contributed by atoms with Crippen LogP contribution in [0.5, 0.6) is 5.75 Å². The van der Waals surface area contributed by atoms with Gasteiger partial charge in [0.05, 0.1) is 6.54 Å². The van der Waals surface area contributed by atoms with Crippen molar-refractivity contribution in [2.45, 2.75) is 40.0 Å². The van der Waals surface area contributed by atoms with Crippen molar-refractivity contribution in [2.24, 2.45) is 5.92 Å². The van der Waals surface area contributed by atoms with Gasteiger partial charge in [-0.1, -0.05) is 12.1 Å². The molecular formula is C19H30N2O2. The molecular weight excluding hydrogens is 288 g/mol. The molecule has 1 saturated heterocycles. The summed E-state index contributed by atoms with van der Waals surface area (Å²) in [4.78, 5) is 14.4. The van der Waals surface area contributed by atoms with E-state index in [1.165, 1.54) is 11.1 Å². The van der Waals surface area contributed by atoms with Gasteiger partial charge in [-0.15, -0.1) is 0 Å². The van der Waals surface area contributed by atoms with Gasteiger partial charge in [0.15, 0.2) is 0 Å². The molecule has 1 unspecified atom stereocenters. The molecule has 4 nitrogen and oxygen atoms in total. The number of ether oxygens (including phenoxy) is 1. The van der Waals surface area contributed by atoms with E-state index in [1.807, 2.05) is 11.9 Å². The van der Waals surface area contributed by atoms with Crippen molar-refractivity contribution in [3.8, 4) is 5.75 Å². The van der Waals surface area contributed by atoms with Crippen molar-refractivity contribution in [1.82, 2.24) is 10.2 Å². The minimum Gasteiger partial charge on any atom is -0.491 e. The van der Waals surface area contributed by atoms with Crippen LogP contribution in [-0.4, -0.2) is 44.1 Å². The van der Waals surface area contributed by atoms with Crippen molar-refractivity contribution in [3.05, 3.63) is 28.8 Å². The normalized spacial score (nSPS) is 18.3. The minimum absolute atomic E-state index is 0.164. The molecule has 1 aromatic rings. The second-order valence-electron chi connectivity index (χ2n) is 6.64. The van der Waals surface area contributed by atoms with Crippen LogP contribution in [0, 0.1) is 26.7 Å². The molecule has 0 bridgehead atoms. The Balaban J connectivity index is 1.86. The van der Waals surface area contributed by atoms with E-state index in [4.69, 9.17) is 4.74 Å². The lowest BCUT2D eigenvalue weighted by atomic mass is 9.99. The number of hydrogen-bond donors (Lipinski definition) is 1. The summed E-state index contributed by atoms with van der Waals surface area (Å²) in [7, 11) is 1.89. The molecule has 0 spiro atoms. The molecule has 0 radical (unpaired) electrons. The molecule has 0 saturated carbocycles. The summed E-state index contributed by atoms with van der Waals surface area (Å²) in [5.41, 5.74) is 3.58. The highest BCUT2D eigenvalue weighted by Crippen LogP contribution is 2.25. The van der Waals surface area contributed by atoms with Gasteiger partial charge in [-0.25, -0.2) is 0 Å². The lowest BCUT2D eigenvalue weighted by molar-refractivity contribution is -0.134. The van der Waals surface area contributed by atoms with E-state index in [1.54, 1.807) is 0 Å². The summed E-state index contributed by atoms with van der Waals surface area (Å²) in [6, 6.07) is 4.21. The molecule has 1 N–H and O–H groups in total. The molecule has 1 heterocycles. The summed E-state index contributed by atoms with van der Waals surface area (Å²) >= 11 is 0. The lowest BCUT2D eigenvalue weighted by Gasteiger charge is -2.23. The van der Waals surface area contributed by atoms with E-state index >= 15 is 0 Å². The van der Waals surface area contributed by atoms with E-state index in [0.717, 1.165) is 43.7 Å². The fraction of sp³-hybridized carbons (Fsp3) is 0.632. The summed E-state index contributed by atoms with van der Waals surface area (Å²) < 4.78 is 5.98. The van der Waals surface area contributed by atoms with Crippen LogP contribution >= 0.6 is 0 Å². The fourth-order valence-electron chi connectivity index (χ4n) is 3.12. The number of likely N-dealkylation sites (N-methyl/N-ethyl adjacent to an activating group) is 1. The maximum absolute atomic E-state index is 12.5. The predicted octanol–water partition coefficient (Wildman–Crippen LogP) is 2.84. The van der Waals surface area contributed by atoms with Crippen molar-refractivity contribution in [2.75, 3.05) is 33.3 Å². The Morgan fingerprint density at radius 3 is 2.74 bits per heavy atom. The number of amides is 1. The first-order valence-electron chi connectivity index (χ1n) is 8.66. The Labute approximate surface area is 140 Å². The molecule has 0 aromatic heterocycles. The molecule has 1 atom stereocenters. The third-order valence-electron chi connectivity index (χ3n) is 4.85. The smallest absolute Gasteiger partial charge is 0.225 e. The van der Waals surface area contributed by atoms with Crippen LogP contribution in [0.3, 0.4) is 0 Å². The number of rotatable bonds is 5. The number of aryl methyl sites for hydroxylation is 2. The largest absolute Gasteiger partial charge is 0.491 e. The summed E-state index contributed by atoms with van der Waals surface area (Å²) in [5, 5.41) is 3.36. The minimum atomic E-state index is 0.164. The van der Waals surface area contributed by atoms with Gasteiger partial charge in [0, 0.05) is 13.0 Å². The van der Waals surface area contributed by atoms with Crippen molar-refractivity contribution >= 4 is 5.91 Å². The Morgan fingerprint density at radius 1 is 1.22 bits per heavy atom. The highest BCUT2D eigenvalue weighted by molar-refractivity contribution is 5.78. The fourth-order valence-corrected chi connectivity index (χ4v) is 3.12. The lowest BCUT2D eigenvalue weighted by Crippen LogP contribution is -2.36. The zero-order chi connectivity index (χ0) is 16.8. The van der Waals surface area contributed by atoms with Crippen molar-refractivity contribution in [3.63, 3.8) is 0 Å². The SMILES string of the molecule is Cc1ccc(C)c(OCCN(C)C(=O)C2CCCNCC2)c1C. The van der Waals surface area contributed by atoms with Gasteiger partial charge >= 0.3 is 0 Å². The highest BCUT2D eigenvalue weighted by Gasteiger charge is 2.22. The Bertz CT molecular complexity index is 534. The first-order chi connectivity index (χ1) is 11.0. The van der Waals surface area contributed by atoms with Crippen LogP contribution in [-0.2, 0) is 4.79 Å². The third-order valence-corrected chi connectivity index (χ3v) is 4.85. The number of benzene rings is 1. The highest BCUT2D eigenvalue weighted by atomic mass is 16.5. The first-order valence-corrected chi connectivity index (χ1v) is 8.66. The maximum Gasteiger partial charge on any atom is 0.225 e. The summed E-state index contributed by atoms with van der Waals surface area (Å²) in [5.74, 6) is 1.39. The zero-order valence-electron chi connectivity index (χ0n) is 14.9. The summed E-state index contributed by atoms with van der Waals surface area (Å²) in [6.07, 6.45) is 3.02. The van der Waals surface area contributed by atoms with Crippen LogP contribution in [0.15, 0.2) is 12.1 Å². The molecule has 0 aliphatic carbocycles. The Hall–Kier alpha value is -1.55. The van der Waals surface area contributed by atoms with Crippen LogP contribution < -0.4 is 10.1 Å². The summed E-state index contributed by atoms with van der Waals surface area (Å²) in [6.45, 7) is 9.40. The Morgan fingerprint density at radius 2 is 1.96 bits per heavy atom. The van der Waals surface area contributed by atoms with Crippen molar-refractivity contribution in [1.29, 1.82) is 0 Å². The second kappa shape index (κ2) is 8.34. The van der Waals surface area contributed by atoms with Gasteiger partial charge in [-0.2, -0.15) is 0 Å². The molecule has 128 valence electrons. The van der Waals surface area contributed by atoms with E-state index in [2.05, 4.69) is 38.2 Å². The van der Waals surface area contributed by atoms with Crippen LogP contribution in [0.4, 0.5) is 0 Å². The molecule has 1 aliphatic heterocycles. The molecule has 1 fully saturated rings. The van der Waals surface area contributed by atoms with E-state index in [-0.39, 0.29) is 11.8 Å². The molecule has 1 aliphatic rings. The van der Waals surface area contributed by atoms with Crippen LogP contribution in [0.1, 0.15) is 36.0 Å². The van der Waals surface area contributed by atoms with Gasteiger partial charge in [-0.05, 0) is 69.8 Å². The molecule has 23 heavy (non-hydrogen) atoms. The van der Waals surface area contributed by atoms with E-state index in [0.29, 0.717) is 13.2 Å². The first kappa shape index (κ1) is 17.8. The number of carbonyl (C=O) groups excluding carboxylic acids is 1. The molecule has 4 heteroatoms. The van der Waals surface area contributed by atoms with Crippen LogP contribution in [0.25, 0.3) is 0 Å². The third kappa shape index (κ3) is 4.71. The van der Waals surface area contributed by atoms with Crippen LogP contribution in [0.2, 0.25) is 0 Å². The number of hydrogen-bond acceptors (Lipinski definition) is 3. The van der Waals surface area contributed by atoms with E-state index < -0.39 is 0 Å².